The summed E-state index contributed by atoms with van der Waals surface area (Å²) >= 11 is -0.257. The SMILES string of the molecule is C=CCON=C(c1ccc(SC(F)(F)F)cc1)C(F)n1cncn1. The summed E-state index contributed by atoms with van der Waals surface area (Å²) in [6, 6.07) is 5.11. The van der Waals surface area contributed by atoms with Crippen molar-refractivity contribution in [3.63, 3.8) is 0 Å². The molecule has 2 aromatic rings. The molecule has 1 unspecified atom stereocenters. The van der Waals surface area contributed by atoms with Gasteiger partial charge in [-0.2, -0.15) is 18.3 Å². The molecule has 0 aliphatic heterocycles. The van der Waals surface area contributed by atoms with Gasteiger partial charge in [-0.15, -0.1) is 0 Å². The Morgan fingerprint density at radius 1 is 1.38 bits per heavy atom. The largest absolute Gasteiger partial charge is 0.446 e. The first-order chi connectivity index (χ1) is 11.4. The van der Waals surface area contributed by atoms with Crippen LogP contribution < -0.4 is 0 Å². The molecule has 0 N–H and O–H groups in total. The standard InChI is InChI=1S/C14H12F4N4OS/c1-2-7-23-21-12(13(15)22-9-19-8-20-22)10-3-5-11(6-4-10)24-14(16,17)18/h2-6,8-9,13H,1,7H2. The highest BCUT2D eigenvalue weighted by Crippen LogP contribution is 2.36. The van der Waals surface area contributed by atoms with Crippen LogP contribution in [0.3, 0.4) is 0 Å². The van der Waals surface area contributed by atoms with Crippen molar-refractivity contribution in [2.75, 3.05) is 6.61 Å². The van der Waals surface area contributed by atoms with Crippen molar-refractivity contribution < 1.29 is 22.4 Å². The minimum absolute atomic E-state index is 0.0197. The molecule has 0 spiro atoms. The number of aromatic nitrogens is 3. The molecule has 10 heteroatoms. The van der Waals surface area contributed by atoms with Gasteiger partial charge in [-0.1, -0.05) is 29.9 Å². The monoisotopic (exact) mass is 360 g/mol. The van der Waals surface area contributed by atoms with E-state index >= 15 is 0 Å². The molecule has 1 heterocycles. The molecule has 1 aromatic carbocycles. The molecule has 128 valence electrons. The van der Waals surface area contributed by atoms with Gasteiger partial charge in [0.2, 0.25) is 6.30 Å². The molecule has 5 nitrogen and oxygen atoms in total. The minimum Gasteiger partial charge on any atom is -0.391 e. The zero-order chi connectivity index (χ0) is 17.6. The van der Waals surface area contributed by atoms with E-state index in [2.05, 4.69) is 21.8 Å². The second kappa shape index (κ2) is 7.95. The van der Waals surface area contributed by atoms with Crippen molar-refractivity contribution >= 4 is 17.5 Å². The van der Waals surface area contributed by atoms with Crippen LogP contribution >= 0.6 is 11.8 Å². The zero-order valence-corrected chi connectivity index (χ0v) is 13.0. The van der Waals surface area contributed by atoms with Gasteiger partial charge in [0.1, 0.15) is 25.0 Å². The van der Waals surface area contributed by atoms with E-state index in [-0.39, 0.29) is 34.5 Å². The smallest absolute Gasteiger partial charge is 0.391 e. The number of nitrogens with zero attached hydrogens (tertiary/aromatic N) is 4. The molecule has 0 saturated carbocycles. The van der Waals surface area contributed by atoms with E-state index in [1.807, 2.05) is 0 Å². The predicted molar refractivity (Wildman–Crippen MR) is 81.2 cm³/mol. The Balaban J connectivity index is 2.26. The van der Waals surface area contributed by atoms with E-state index in [4.69, 9.17) is 4.84 Å². The minimum atomic E-state index is -4.39. The highest BCUT2D eigenvalue weighted by Gasteiger charge is 2.29. The molecule has 0 bridgehead atoms. The number of hydrogen-bond acceptors (Lipinski definition) is 5. The highest BCUT2D eigenvalue weighted by atomic mass is 32.2. The Morgan fingerprint density at radius 2 is 2.08 bits per heavy atom. The Kier molecular flexibility index (Phi) is 5.96. The predicted octanol–water partition coefficient (Wildman–Crippen LogP) is 3.97. The molecule has 0 amide bonds. The van der Waals surface area contributed by atoms with E-state index in [9.17, 15) is 17.6 Å². The lowest BCUT2D eigenvalue weighted by molar-refractivity contribution is -0.0328. The summed E-state index contributed by atoms with van der Waals surface area (Å²) in [7, 11) is 0. The third-order valence-corrected chi connectivity index (χ3v) is 3.37. The topological polar surface area (TPSA) is 52.3 Å². The van der Waals surface area contributed by atoms with Gasteiger partial charge in [-0.25, -0.2) is 14.1 Å². The van der Waals surface area contributed by atoms with E-state index in [0.29, 0.717) is 0 Å². The van der Waals surface area contributed by atoms with Crippen LogP contribution in [-0.2, 0) is 4.84 Å². The summed E-state index contributed by atoms with van der Waals surface area (Å²) in [6.45, 7) is 3.50. The van der Waals surface area contributed by atoms with Gasteiger partial charge in [0, 0.05) is 10.5 Å². The van der Waals surface area contributed by atoms with Gasteiger partial charge >= 0.3 is 5.51 Å². The first-order valence-electron chi connectivity index (χ1n) is 6.56. The average Bonchev–Trinajstić information content (AvgIpc) is 3.05. The van der Waals surface area contributed by atoms with Crippen LogP contribution in [0, 0.1) is 0 Å². The fourth-order valence-corrected chi connectivity index (χ4v) is 2.22. The van der Waals surface area contributed by atoms with Crippen molar-refractivity contribution in [3.8, 4) is 0 Å². The Bertz CT molecular complexity index is 686. The first-order valence-corrected chi connectivity index (χ1v) is 7.37. The van der Waals surface area contributed by atoms with Gasteiger partial charge in [0.15, 0.2) is 0 Å². The molecular weight excluding hydrogens is 348 g/mol. The van der Waals surface area contributed by atoms with Gasteiger partial charge in [0.05, 0.1) is 0 Å². The number of oxime groups is 1. The Labute approximate surface area is 139 Å². The third kappa shape index (κ3) is 5.08. The maximum Gasteiger partial charge on any atom is 0.446 e. The summed E-state index contributed by atoms with van der Waals surface area (Å²) in [4.78, 5) is 8.53. The molecule has 24 heavy (non-hydrogen) atoms. The van der Waals surface area contributed by atoms with Crippen molar-refractivity contribution in [1.29, 1.82) is 0 Å². The summed E-state index contributed by atoms with van der Waals surface area (Å²) < 4.78 is 52.5. The van der Waals surface area contributed by atoms with E-state index in [1.54, 1.807) is 0 Å². The Morgan fingerprint density at radius 3 is 2.62 bits per heavy atom. The summed E-state index contributed by atoms with van der Waals surface area (Å²) in [5, 5.41) is 7.37. The van der Waals surface area contributed by atoms with E-state index in [0.717, 1.165) is 17.3 Å². The summed E-state index contributed by atoms with van der Waals surface area (Å²) in [5.41, 5.74) is -4.28. The average molecular weight is 360 g/mol. The van der Waals surface area contributed by atoms with Crippen LogP contribution in [0.15, 0.2) is 59.6 Å². The van der Waals surface area contributed by atoms with Gasteiger partial charge in [-0.05, 0) is 23.9 Å². The third-order valence-electron chi connectivity index (χ3n) is 2.63. The van der Waals surface area contributed by atoms with Crippen LogP contribution in [0.1, 0.15) is 11.9 Å². The second-order valence-electron chi connectivity index (χ2n) is 4.34. The van der Waals surface area contributed by atoms with Crippen LogP contribution in [0.4, 0.5) is 17.6 Å². The lowest BCUT2D eigenvalue weighted by atomic mass is 10.1. The number of hydrogen-bond donors (Lipinski definition) is 0. The molecule has 1 atom stereocenters. The normalized spacial score (nSPS) is 13.6. The highest BCUT2D eigenvalue weighted by molar-refractivity contribution is 8.00. The molecule has 0 aliphatic carbocycles. The molecule has 2 rings (SSSR count). The van der Waals surface area contributed by atoms with Crippen molar-refractivity contribution in [3.05, 3.63) is 55.1 Å². The maximum atomic E-state index is 14.6. The zero-order valence-electron chi connectivity index (χ0n) is 12.2. The molecule has 0 radical (unpaired) electrons. The quantitative estimate of drug-likeness (QED) is 0.187. The lowest BCUT2D eigenvalue weighted by Gasteiger charge is -2.12. The van der Waals surface area contributed by atoms with Gasteiger partial charge in [-0.3, -0.25) is 0 Å². The van der Waals surface area contributed by atoms with Gasteiger partial charge < -0.3 is 4.84 Å². The summed E-state index contributed by atoms with van der Waals surface area (Å²) in [5.74, 6) is 0. The summed E-state index contributed by atoms with van der Waals surface area (Å²) in [6.07, 6.45) is 1.92. The number of rotatable bonds is 7. The van der Waals surface area contributed by atoms with Crippen molar-refractivity contribution in [2.45, 2.75) is 16.7 Å². The Hall–Kier alpha value is -2.36. The maximum absolute atomic E-state index is 14.6. The lowest BCUT2D eigenvalue weighted by Crippen LogP contribution is -2.17. The number of benzene rings is 1. The molecular formula is C14H12F4N4OS. The fraction of sp³-hybridized carbons (Fsp3) is 0.214. The van der Waals surface area contributed by atoms with Crippen LogP contribution in [0.25, 0.3) is 0 Å². The number of thioether (sulfide) groups is 1. The van der Waals surface area contributed by atoms with E-state index in [1.165, 1.54) is 30.3 Å². The fourth-order valence-electron chi connectivity index (χ4n) is 1.68. The van der Waals surface area contributed by atoms with Crippen LogP contribution in [0.2, 0.25) is 0 Å². The molecule has 1 aromatic heterocycles. The second-order valence-corrected chi connectivity index (χ2v) is 5.48. The molecule has 0 fully saturated rings. The molecule has 0 saturated heterocycles. The van der Waals surface area contributed by atoms with E-state index < -0.39 is 11.8 Å². The van der Waals surface area contributed by atoms with Crippen molar-refractivity contribution in [2.24, 2.45) is 5.16 Å². The van der Waals surface area contributed by atoms with Crippen LogP contribution in [-0.4, -0.2) is 32.6 Å². The number of halogens is 4. The molecule has 0 aliphatic rings. The first kappa shape index (κ1) is 18.0. The number of alkyl halides is 4. The van der Waals surface area contributed by atoms with Crippen LogP contribution in [0.5, 0.6) is 0 Å². The van der Waals surface area contributed by atoms with Crippen molar-refractivity contribution in [1.82, 2.24) is 14.8 Å². The van der Waals surface area contributed by atoms with Gasteiger partial charge in [0.25, 0.3) is 0 Å².